The highest BCUT2D eigenvalue weighted by molar-refractivity contribution is 5.78. The van der Waals surface area contributed by atoms with E-state index in [0.717, 1.165) is 36.8 Å². The van der Waals surface area contributed by atoms with Crippen LogP contribution in [-0.4, -0.2) is 43.2 Å². The van der Waals surface area contributed by atoms with Gasteiger partial charge in [-0.2, -0.15) is 0 Å². The predicted octanol–water partition coefficient (Wildman–Crippen LogP) is 3.76. The van der Waals surface area contributed by atoms with E-state index in [9.17, 15) is 4.79 Å². The first-order chi connectivity index (χ1) is 12.8. The Morgan fingerprint density at radius 3 is 2.42 bits per heavy atom. The first kappa shape index (κ1) is 17.1. The van der Waals surface area contributed by atoms with Gasteiger partial charge in [-0.05, 0) is 48.4 Å². The number of hydrogen-bond donors (Lipinski definition) is 0. The van der Waals surface area contributed by atoms with Crippen LogP contribution in [0.3, 0.4) is 0 Å². The summed E-state index contributed by atoms with van der Waals surface area (Å²) < 4.78 is 11.6. The minimum atomic E-state index is 0.0367. The number of likely N-dealkylation sites (tertiary alicyclic amines) is 1. The number of carbonyl (C=O) groups is 1. The molecule has 0 N–H and O–H groups in total. The third-order valence-corrected chi connectivity index (χ3v) is 5.09. The van der Waals surface area contributed by atoms with Crippen molar-refractivity contribution in [1.82, 2.24) is 4.90 Å². The van der Waals surface area contributed by atoms with Crippen molar-refractivity contribution in [3.05, 3.63) is 54.6 Å². The molecule has 2 aromatic carbocycles. The van der Waals surface area contributed by atoms with Crippen molar-refractivity contribution in [2.75, 3.05) is 26.3 Å². The Balaban J connectivity index is 1.24. The van der Waals surface area contributed by atoms with Gasteiger partial charge in [-0.15, -0.1) is 0 Å². The van der Waals surface area contributed by atoms with Gasteiger partial charge in [0.05, 0.1) is 6.10 Å². The van der Waals surface area contributed by atoms with Crippen molar-refractivity contribution in [3.8, 4) is 16.9 Å². The van der Waals surface area contributed by atoms with Crippen molar-refractivity contribution < 1.29 is 14.3 Å². The van der Waals surface area contributed by atoms with E-state index in [1.807, 2.05) is 47.4 Å². The summed E-state index contributed by atoms with van der Waals surface area (Å²) in [5.41, 5.74) is 2.31. The van der Waals surface area contributed by atoms with E-state index in [2.05, 4.69) is 12.1 Å². The maximum absolute atomic E-state index is 12.3. The molecule has 4 rings (SSSR count). The molecule has 1 amide bonds. The second kappa shape index (κ2) is 7.92. The lowest BCUT2D eigenvalue weighted by molar-refractivity contribution is -0.132. The summed E-state index contributed by atoms with van der Waals surface area (Å²) in [6, 6.07) is 18.1. The summed E-state index contributed by atoms with van der Waals surface area (Å²) >= 11 is 0. The minimum absolute atomic E-state index is 0.0367. The molecule has 0 radical (unpaired) electrons. The van der Waals surface area contributed by atoms with Gasteiger partial charge in [0.2, 0.25) is 0 Å². The lowest BCUT2D eigenvalue weighted by Crippen LogP contribution is -2.34. The third-order valence-electron chi connectivity index (χ3n) is 5.09. The molecule has 0 aromatic heterocycles. The number of carbonyl (C=O) groups excluding carboxylic acids is 1. The van der Waals surface area contributed by atoms with Crippen LogP contribution in [0.1, 0.15) is 19.3 Å². The Morgan fingerprint density at radius 2 is 1.69 bits per heavy atom. The smallest absolute Gasteiger partial charge is 0.260 e. The summed E-state index contributed by atoms with van der Waals surface area (Å²) in [4.78, 5) is 14.2. The molecule has 1 atom stereocenters. The SMILES string of the molecule is O=C(COc1ccc(-c2ccccc2)cc1)N1CC[C@@H](OCC2CC2)C1. The molecule has 0 unspecified atom stereocenters. The molecule has 0 spiro atoms. The van der Waals surface area contributed by atoms with E-state index in [1.165, 1.54) is 18.4 Å². The lowest BCUT2D eigenvalue weighted by Gasteiger charge is -2.17. The Hall–Kier alpha value is -2.33. The molecule has 26 heavy (non-hydrogen) atoms. The highest BCUT2D eigenvalue weighted by Gasteiger charge is 2.29. The number of ether oxygens (including phenoxy) is 2. The zero-order valence-corrected chi connectivity index (χ0v) is 15.0. The zero-order valence-electron chi connectivity index (χ0n) is 15.0. The summed E-state index contributed by atoms with van der Waals surface area (Å²) in [6.45, 7) is 2.41. The number of amides is 1. The van der Waals surface area contributed by atoms with Crippen molar-refractivity contribution in [2.45, 2.75) is 25.4 Å². The molecule has 2 fully saturated rings. The second-order valence-electron chi connectivity index (χ2n) is 7.21. The molecule has 1 heterocycles. The van der Waals surface area contributed by atoms with Crippen LogP contribution in [0.4, 0.5) is 0 Å². The second-order valence-corrected chi connectivity index (χ2v) is 7.21. The highest BCUT2D eigenvalue weighted by Crippen LogP contribution is 2.30. The minimum Gasteiger partial charge on any atom is -0.484 e. The normalized spacial score (nSPS) is 19.5. The quantitative estimate of drug-likeness (QED) is 0.762. The van der Waals surface area contributed by atoms with E-state index in [1.54, 1.807) is 0 Å². The van der Waals surface area contributed by atoms with Crippen LogP contribution in [0.25, 0.3) is 11.1 Å². The summed E-state index contributed by atoms with van der Waals surface area (Å²) in [5, 5.41) is 0. The van der Waals surface area contributed by atoms with Crippen molar-refractivity contribution in [2.24, 2.45) is 5.92 Å². The van der Waals surface area contributed by atoms with Gasteiger partial charge >= 0.3 is 0 Å². The average molecular weight is 351 g/mol. The lowest BCUT2D eigenvalue weighted by atomic mass is 10.1. The van der Waals surface area contributed by atoms with Gasteiger partial charge in [-0.25, -0.2) is 0 Å². The zero-order chi connectivity index (χ0) is 17.8. The largest absolute Gasteiger partial charge is 0.484 e. The number of hydrogen-bond acceptors (Lipinski definition) is 3. The number of nitrogens with zero attached hydrogens (tertiary/aromatic N) is 1. The molecule has 1 saturated carbocycles. The van der Waals surface area contributed by atoms with Crippen LogP contribution in [0.5, 0.6) is 5.75 Å². The van der Waals surface area contributed by atoms with Crippen LogP contribution >= 0.6 is 0 Å². The van der Waals surface area contributed by atoms with Gasteiger partial charge < -0.3 is 14.4 Å². The van der Waals surface area contributed by atoms with Crippen molar-refractivity contribution in [3.63, 3.8) is 0 Å². The van der Waals surface area contributed by atoms with E-state index in [-0.39, 0.29) is 18.6 Å². The first-order valence-electron chi connectivity index (χ1n) is 9.45. The fraction of sp³-hybridized carbons (Fsp3) is 0.409. The van der Waals surface area contributed by atoms with Gasteiger partial charge in [0.15, 0.2) is 6.61 Å². The van der Waals surface area contributed by atoms with Crippen LogP contribution in [-0.2, 0) is 9.53 Å². The summed E-state index contributed by atoms with van der Waals surface area (Å²) in [7, 11) is 0. The van der Waals surface area contributed by atoms with E-state index in [0.29, 0.717) is 6.54 Å². The highest BCUT2D eigenvalue weighted by atomic mass is 16.5. The molecular weight excluding hydrogens is 326 g/mol. The van der Waals surface area contributed by atoms with Gasteiger partial charge in [0, 0.05) is 19.7 Å². The standard InChI is InChI=1S/C22H25NO3/c24-22(23-13-12-21(14-23)25-15-17-6-7-17)16-26-20-10-8-19(9-11-20)18-4-2-1-3-5-18/h1-5,8-11,17,21H,6-7,12-16H2/t21-/m1/s1. The Labute approximate surface area is 154 Å². The topological polar surface area (TPSA) is 38.8 Å². The van der Waals surface area contributed by atoms with Crippen LogP contribution in [0.2, 0.25) is 0 Å². The molecule has 2 aromatic rings. The monoisotopic (exact) mass is 351 g/mol. The fourth-order valence-corrected chi connectivity index (χ4v) is 3.26. The molecule has 4 nitrogen and oxygen atoms in total. The molecule has 136 valence electrons. The fourth-order valence-electron chi connectivity index (χ4n) is 3.26. The first-order valence-corrected chi connectivity index (χ1v) is 9.45. The van der Waals surface area contributed by atoms with Gasteiger partial charge in [0.25, 0.3) is 5.91 Å². The molecular formula is C22H25NO3. The summed E-state index contributed by atoms with van der Waals surface area (Å²) in [6.07, 6.45) is 3.73. The van der Waals surface area contributed by atoms with Crippen LogP contribution < -0.4 is 4.74 Å². The molecule has 0 bridgehead atoms. The van der Waals surface area contributed by atoms with E-state index < -0.39 is 0 Å². The molecule has 4 heteroatoms. The van der Waals surface area contributed by atoms with E-state index >= 15 is 0 Å². The van der Waals surface area contributed by atoms with Gasteiger partial charge in [-0.3, -0.25) is 4.79 Å². The average Bonchev–Trinajstić information content (AvgIpc) is 3.41. The number of benzene rings is 2. The molecule has 2 aliphatic rings. The van der Waals surface area contributed by atoms with Crippen LogP contribution in [0, 0.1) is 5.92 Å². The third kappa shape index (κ3) is 4.44. The Bertz CT molecular complexity index is 725. The van der Waals surface area contributed by atoms with E-state index in [4.69, 9.17) is 9.47 Å². The van der Waals surface area contributed by atoms with Crippen molar-refractivity contribution in [1.29, 1.82) is 0 Å². The van der Waals surface area contributed by atoms with Gasteiger partial charge in [0.1, 0.15) is 5.75 Å². The molecule has 1 aliphatic carbocycles. The maximum atomic E-state index is 12.3. The van der Waals surface area contributed by atoms with Crippen LogP contribution in [0.15, 0.2) is 54.6 Å². The maximum Gasteiger partial charge on any atom is 0.260 e. The van der Waals surface area contributed by atoms with Gasteiger partial charge in [-0.1, -0.05) is 42.5 Å². The predicted molar refractivity (Wildman–Crippen MR) is 101 cm³/mol. The number of rotatable bonds is 7. The summed E-state index contributed by atoms with van der Waals surface area (Å²) in [5.74, 6) is 1.52. The van der Waals surface area contributed by atoms with Crippen molar-refractivity contribution >= 4 is 5.91 Å². The Morgan fingerprint density at radius 1 is 0.962 bits per heavy atom. The Kier molecular flexibility index (Phi) is 5.21. The molecule has 1 saturated heterocycles. The molecule has 1 aliphatic heterocycles.